The van der Waals surface area contributed by atoms with E-state index < -0.39 is 0 Å². The molecule has 0 fully saturated rings. The highest BCUT2D eigenvalue weighted by molar-refractivity contribution is 6.08. The van der Waals surface area contributed by atoms with Gasteiger partial charge in [0.05, 0.1) is 12.0 Å². The van der Waals surface area contributed by atoms with Crippen molar-refractivity contribution in [2.75, 3.05) is 11.9 Å². The Bertz CT molecular complexity index is 1150. The van der Waals surface area contributed by atoms with Crippen molar-refractivity contribution >= 4 is 34.5 Å². The van der Waals surface area contributed by atoms with Crippen LogP contribution in [0.1, 0.15) is 65.0 Å². The van der Waals surface area contributed by atoms with Crippen molar-refractivity contribution in [3.8, 4) is 0 Å². The number of nitrogens with one attached hydrogen (secondary N) is 2. The predicted octanol–water partition coefficient (Wildman–Crippen LogP) is 3.78. The Morgan fingerprint density at radius 2 is 1.90 bits per heavy atom. The van der Waals surface area contributed by atoms with Crippen molar-refractivity contribution in [3.05, 3.63) is 53.0 Å². The maximum Gasteiger partial charge on any atom is 0.253 e. The zero-order valence-corrected chi connectivity index (χ0v) is 18.3. The summed E-state index contributed by atoms with van der Waals surface area (Å²) in [7, 11) is 0. The molecule has 0 atom stereocenters. The molecule has 2 heterocycles. The number of rotatable bonds is 9. The van der Waals surface area contributed by atoms with Crippen LogP contribution in [0.4, 0.5) is 11.5 Å². The average Bonchev–Trinajstić information content (AvgIpc) is 3.10. The minimum absolute atomic E-state index is 0.0877. The quantitative estimate of drug-likeness (QED) is 0.402. The minimum atomic E-state index is -0.212. The van der Waals surface area contributed by atoms with Gasteiger partial charge in [-0.15, -0.1) is 0 Å². The first kappa shape index (κ1) is 22.1. The lowest BCUT2D eigenvalue weighted by molar-refractivity contribution is -0.117. The fourth-order valence-corrected chi connectivity index (χ4v) is 3.28. The Balaban J connectivity index is 1.96. The molecular weight excluding hydrogens is 394 g/mol. The molecule has 0 saturated carbocycles. The van der Waals surface area contributed by atoms with Crippen LogP contribution in [0.5, 0.6) is 0 Å². The predicted molar refractivity (Wildman–Crippen MR) is 119 cm³/mol. The minimum Gasteiger partial charge on any atom is -0.352 e. The number of anilines is 2. The lowest BCUT2D eigenvalue weighted by atomic mass is 10.0. The van der Waals surface area contributed by atoms with Gasteiger partial charge in [-0.3, -0.25) is 14.4 Å². The van der Waals surface area contributed by atoms with E-state index in [4.69, 9.17) is 0 Å². The summed E-state index contributed by atoms with van der Waals surface area (Å²) < 4.78 is 1.62. The highest BCUT2D eigenvalue weighted by Gasteiger charge is 2.18. The van der Waals surface area contributed by atoms with Crippen molar-refractivity contribution in [1.82, 2.24) is 19.9 Å². The summed E-state index contributed by atoms with van der Waals surface area (Å²) in [5.74, 6) is 0.0753. The third-order valence-corrected chi connectivity index (χ3v) is 5.17. The van der Waals surface area contributed by atoms with Crippen LogP contribution in [0.3, 0.4) is 0 Å². The van der Waals surface area contributed by atoms with Gasteiger partial charge in [0.1, 0.15) is 17.6 Å². The van der Waals surface area contributed by atoms with E-state index in [1.807, 2.05) is 26.8 Å². The second kappa shape index (κ2) is 9.51. The fourth-order valence-electron chi connectivity index (χ4n) is 3.28. The molecule has 0 aliphatic rings. The van der Waals surface area contributed by atoms with Crippen LogP contribution in [0.15, 0.2) is 30.7 Å². The van der Waals surface area contributed by atoms with Crippen LogP contribution in [0.25, 0.3) is 5.52 Å². The van der Waals surface area contributed by atoms with Crippen molar-refractivity contribution in [3.63, 3.8) is 0 Å². The highest BCUT2D eigenvalue weighted by Crippen LogP contribution is 2.27. The smallest absolute Gasteiger partial charge is 0.253 e. The second-order valence-corrected chi connectivity index (χ2v) is 7.47. The summed E-state index contributed by atoms with van der Waals surface area (Å²) in [4.78, 5) is 40.9. The zero-order valence-electron chi connectivity index (χ0n) is 18.3. The molecule has 0 aliphatic heterocycles. The summed E-state index contributed by atoms with van der Waals surface area (Å²) in [5.41, 5.74) is 4.06. The van der Waals surface area contributed by atoms with Gasteiger partial charge in [-0.1, -0.05) is 26.0 Å². The molecule has 0 bridgehead atoms. The number of ketones is 2. The van der Waals surface area contributed by atoms with E-state index in [1.165, 1.54) is 6.33 Å². The molecule has 1 amide bonds. The van der Waals surface area contributed by atoms with Gasteiger partial charge in [-0.25, -0.2) is 9.50 Å². The molecule has 0 unspecified atom stereocenters. The molecule has 0 aliphatic carbocycles. The van der Waals surface area contributed by atoms with Gasteiger partial charge in [0, 0.05) is 30.4 Å². The molecule has 0 spiro atoms. The van der Waals surface area contributed by atoms with E-state index in [0.717, 1.165) is 17.5 Å². The lowest BCUT2D eigenvalue weighted by Gasteiger charge is -2.12. The summed E-state index contributed by atoms with van der Waals surface area (Å²) in [6.45, 7) is 8.11. The number of hydrogen-bond acceptors (Lipinski definition) is 6. The van der Waals surface area contributed by atoms with Crippen LogP contribution < -0.4 is 10.6 Å². The Kier molecular flexibility index (Phi) is 6.79. The largest absolute Gasteiger partial charge is 0.352 e. The van der Waals surface area contributed by atoms with E-state index in [2.05, 4.69) is 20.7 Å². The monoisotopic (exact) mass is 421 g/mol. The maximum atomic E-state index is 12.5. The second-order valence-electron chi connectivity index (χ2n) is 7.47. The number of amides is 1. The maximum absolute atomic E-state index is 12.5. The number of carbonyl (C=O) groups is 3. The first-order chi connectivity index (χ1) is 14.8. The molecule has 0 radical (unpaired) electrons. The molecule has 1 aromatic carbocycles. The number of aromatic nitrogens is 3. The Labute approximate surface area is 181 Å². The van der Waals surface area contributed by atoms with Crippen LogP contribution in [0.2, 0.25) is 0 Å². The summed E-state index contributed by atoms with van der Waals surface area (Å²) in [5, 5.41) is 10.4. The number of Topliss-reactive ketones (excluding diaryl/α,β-unsaturated/α-hetero) is 2. The molecule has 162 valence electrons. The van der Waals surface area contributed by atoms with Gasteiger partial charge in [-0.05, 0) is 37.5 Å². The average molecular weight is 422 g/mol. The van der Waals surface area contributed by atoms with Crippen molar-refractivity contribution in [2.45, 2.75) is 47.0 Å². The number of hydrogen-bond donors (Lipinski definition) is 2. The molecule has 31 heavy (non-hydrogen) atoms. The van der Waals surface area contributed by atoms with Crippen LogP contribution in [0, 0.1) is 13.8 Å². The van der Waals surface area contributed by atoms with E-state index in [1.54, 1.807) is 29.8 Å². The molecule has 2 N–H and O–H groups in total. The van der Waals surface area contributed by atoms with E-state index >= 15 is 0 Å². The normalized spacial score (nSPS) is 10.8. The Morgan fingerprint density at radius 1 is 1.13 bits per heavy atom. The van der Waals surface area contributed by atoms with Gasteiger partial charge in [0.25, 0.3) is 5.91 Å². The van der Waals surface area contributed by atoms with Crippen LogP contribution in [-0.4, -0.2) is 38.6 Å². The Morgan fingerprint density at radius 3 is 2.61 bits per heavy atom. The van der Waals surface area contributed by atoms with Crippen LogP contribution >= 0.6 is 0 Å². The molecule has 3 rings (SSSR count). The standard InChI is InChI=1S/C23H27N5O3/c1-5-9-24-23(31)18-12-28-21(15(18)4)22(25-13-26-28)27-19-10-16(8-7-14(19)3)20(30)11-17(29)6-2/h7-8,10,12-13H,5-6,9,11H2,1-4H3,(H,24,31)(H,25,26,27). The van der Waals surface area contributed by atoms with Crippen LogP contribution in [-0.2, 0) is 4.79 Å². The number of fused-ring (bicyclic) bond motifs is 1. The van der Waals surface area contributed by atoms with Gasteiger partial charge >= 0.3 is 0 Å². The number of nitrogens with zero attached hydrogens (tertiary/aromatic N) is 3. The molecule has 3 aromatic rings. The third-order valence-electron chi connectivity index (χ3n) is 5.17. The van der Waals surface area contributed by atoms with Gasteiger partial charge in [0.15, 0.2) is 11.6 Å². The third kappa shape index (κ3) is 4.79. The fraction of sp³-hybridized carbons (Fsp3) is 0.348. The van der Waals surface area contributed by atoms with Crippen molar-refractivity contribution in [1.29, 1.82) is 0 Å². The molecule has 2 aromatic heterocycles. The van der Waals surface area contributed by atoms with Gasteiger partial charge < -0.3 is 10.6 Å². The summed E-state index contributed by atoms with van der Waals surface area (Å²) in [6.07, 6.45) is 4.18. The Hall–Kier alpha value is -3.55. The number of aryl methyl sites for hydroxylation is 2. The molecule has 8 heteroatoms. The first-order valence-electron chi connectivity index (χ1n) is 10.4. The number of benzene rings is 1. The van der Waals surface area contributed by atoms with Gasteiger partial charge in [-0.2, -0.15) is 5.10 Å². The number of carbonyl (C=O) groups excluding carboxylic acids is 3. The molecular formula is C23H27N5O3. The van der Waals surface area contributed by atoms with Crippen molar-refractivity contribution < 1.29 is 14.4 Å². The molecule has 8 nitrogen and oxygen atoms in total. The topological polar surface area (TPSA) is 105 Å². The SMILES string of the molecule is CCCNC(=O)c1cn2ncnc(Nc3cc(C(=O)CC(=O)CC)ccc3C)c2c1C. The van der Waals surface area contributed by atoms with E-state index in [0.29, 0.717) is 41.1 Å². The lowest BCUT2D eigenvalue weighted by Crippen LogP contribution is -2.24. The summed E-state index contributed by atoms with van der Waals surface area (Å²) in [6, 6.07) is 5.28. The van der Waals surface area contributed by atoms with Crippen molar-refractivity contribution in [2.24, 2.45) is 0 Å². The highest BCUT2D eigenvalue weighted by atomic mass is 16.2. The molecule has 0 saturated heterocycles. The van der Waals surface area contributed by atoms with E-state index in [9.17, 15) is 14.4 Å². The summed E-state index contributed by atoms with van der Waals surface area (Å²) >= 11 is 0. The first-order valence-corrected chi connectivity index (χ1v) is 10.4. The zero-order chi connectivity index (χ0) is 22.5. The van der Waals surface area contributed by atoms with E-state index in [-0.39, 0.29) is 23.9 Å². The van der Waals surface area contributed by atoms with Gasteiger partial charge in [0.2, 0.25) is 0 Å².